The molecule has 0 aliphatic rings. The molecule has 3 atom stereocenters. The first kappa shape index (κ1) is 19.4. The average molecular weight is 287 g/mol. The summed E-state index contributed by atoms with van der Waals surface area (Å²) in [5, 5.41) is 0. The SMILES string of the molecule is CC(CCC(CS)C(C)CC(C)(C)C)CC(C)(C)C. The minimum Gasteiger partial charge on any atom is -0.179 e. The molecule has 0 aromatic rings. The first-order valence-electron chi connectivity index (χ1n) is 8.05. The summed E-state index contributed by atoms with van der Waals surface area (Å²) in [6.07, 6.45) is 5.35. The van der Waals surface area contributed by atoms with E-state index < -0.39 is 0 Å². The lowest BCUT2D eigenvalue weighted by atomic mass is 9.77. The van der Waals surface area contributed by atoms with Gasteiger partial charge in [-0.1, -0.05) is 61.8 Å². The fraction of sp³-hybridized carbons (Fsp3) is 1.00. The second kappa shape index (κ2) is 7.96. The molecule has 0 radical (unpaired) electrons. The van der Waals surface area contributed by atoms with E-state index in [1.807, 2.05) is 0 Å². The van der Waals surface area contributed by atoms with Crippen molar-refractivity contribution in [1.29, 1.82) is 0 Å². The lowest BCUT2D eigenvalue weighted by molar-refractivity contribution is 0.224. The van der Waals surface area contributed by atoms with Gasteiger partial charge in [0.2, 0.25) is 0 Å². The second-order valence-electron chi connectivity index (χ2n) is 9.13. The molecule has 0 rings (SSSR count). The second-order valence-corrected chi connectivity index (χ2v) is 9.50. The molecular weight excluding hydrogens is 248 g/mol. The van der Waals surface area contributed by atoms with E-state index in [9.17, 15) is 0 Å². The lowest BCUT2D eigenvalue weighted by Gasteiger charge is -2.30. The molecule has 0 heterocycles. The maximum Gasteiger partial charge on any atom is -0.00669 e. The van der Waals surface area contributed by atoms with Crippen LogP contribution in [-0.2, 0) is 0 Å². The van der Waals surface area contributed by atoms with Crippen molar-refractivity contribution >= 4 is 12.6 Å². The highest BCUT2D eigenvalue weighted by molar-refractivity contribution is 7.80. The van der Waals surface area contributed by atoms with Crippen molar-refractivity contribution in [1.82, 2.24) is 0 Å². The topological polar surface area (TPSA) is 0 Å². The number of hydrogen-bond donors (Lipinski definition) is 1. The van der Waals surface area contributed by atoms with Crippen molar-refractivity contribution in [2.75, 3.05) is 5.75 Å². The van der Waals surface area contributed by atoms with Crippen LogP contribution in [0.15, 0.2) is 0 Å². The molecule has 0 amide bonds. The zero-order valence-corrected chi connectivity index (χ0v) is 15.6. The molecule has 0 bridgehead atoms. The monoisotopic (exact) mass is 286 g/mol. The molecule has 0 fully saturated rings. The fourth-order valence-electron chi connectivity index (χ4n) is 3.33. The minimum absolute atomic E-state index is 0.442. The van der Waals surface area contributed by atoms with Crippen molar-refractivity contribution in [3.8, 4) is 0 Å². The molecule has 116 valence electrons. The molecule has 0 N–H and O–H groups in total. The summed E-state index contributed by atoms with van der Waals surface area (Å²) in [4.78, 5) is 0. The van der Waals surface area contributed by atoms with E-state index in [1.165, 1.54) is 25.7 Å². The van der Waals surface area contributed by atoms with Crippen LogP contribution in [0.5, 0.6) is 0 Å². The Morgan fingerprint density at radius 1 is 0.789 bits per heavy atom. The first-order valence-corrected chi connectivity index (χ1v) is 8.69. The van der Waals surface area contributed by atoms with Gasteiger partial charge in [-0.3, -0.25) is 0 Å². The maximum atomic E-state index is 4.59. The van der Waals surface area contributed by atoms with Crippen LogP contribution in [0.1, 0.15) is 81.1 Å². The summed E-state index contributed by atoms with van der Waals surface area (Å²) in [6.45, 7) is 18.9. The third-order valence-electron chi connectivity index (χ3n) is 3.96. The number of thiol groups is 1. The van der Waals surface area contributed by atoms with Crippen LogP contribution in [0.3, 0.4) is 0 Å². The van der Waals surface area contributed by atoms with E-state index in [0.717, 1.165) is 23.5 Å². The summed E-state index contributed by atoms with van der Waals surface area (Å²) < 4.78 is 0. The van der Waals surface area contributed by atoms with Crippen LogP contribution >= 0.6 is 12.6 Å². The lowest BCUT2D eigenvalue weighted by Crippen LogP contribution is -2.21. The summed E-state index contributed by atoms with van der Waals surface area (Å²) in [5.74, 6) is 3.45. The van der Waals surface area contributed by atoms with Crippen LogP contribution in [0.2, 0.25) is 0 Å². The molecule has 0 saturated heterocycles. The van der Waals surface area contributed by atoms with Crippen molar-refractivity contribution in [3.05, 3.63) is 0 Å². The number of rotatable bonds is 7. The third-order valence-corrected chi connectivity index (χ3v) is 4.43. The molecule has 3 unspecified atom stereocenters. The van der Waals surface area contributed by atoms with Gasteiger partial charge in [0.25, 0.3) is 0 Å². The molecule has 0 nitrogen and oxygen atoms in total. The van der Waals surface area contributed by atoms with Crippen LogP contribution in [0, 0.1) is 28.6 Å². The normalized spacial score (nSPS) is 18.2. The smallest absolute Gasteiger partial charge is 0.00669 e. The Balaban J connectivity index is 4.19. The van der Waals surface area contributed by atoms with Gasteiger partial charge in [0.05, 0.1) is 0 Å². The van der Waals surface area contributed by atoms with Gasteiger partial charge in [0, 0.05) is 0 Å². The van der Waals surface area contributed by atoms with Crippen LogP contribution in [0.4, 0.5) is 0 Å². The number of hydrogen-bond acceptors (Lipinski definition) is 1. The van der Waals surface area contributed by atoms with Gasteiger partial charge in [-0.25, -0.2) is 0 Å². The predicted molar refractivity (Wildman–Crippen MR) is 93.0 cm³/mol. The van der Waals surface area contributed by atoms with E-state index in [4.69, 9.17) is 0 Å². The summed E-state index contributed by atoms with van der Waals surface area (Å²) in [6, 6.07) is 0. The molecule has 0 aliphatic heterocycles. The van der Waals surface area contributed by atoms with Gasteiger partial charge in [-0.2, -0.15) is 12.6 Å². The largest absolute Gasteiger partial charge is 0.179 e. The summed E-state index contributed by atoms with van der Waals surface area (Å²) in [5.41, 5.74) is 0.907. The molecular formula is C18H38S. The third kappa shape index (κ3) is 10.8. The summed E-state index contributed by atoms with van der Waals surface area (Å²) >= 11 is 4.59. The minimum atomic E-state index is 0.442. The Kier molecular flexibility index (Phi) is 8.10. The Hall–Kier alpha value is 0.350. The Morgan fingerprint density at radius 3 is 1.63 bits per heavy atom. The molecule has 1 heteroatoms. The molecule has 0 aromatic carbocycles. The van der Waals surface area contributed by atoms with E-state index in [-0.39, 0.29) is 0 Å². The highest BCUT2D eigenvalue weighted by Crippen LogP contribution is 2.33. The van der Waals surface area contributed by atoms with Crippen LogP contribution < -0.4 is 0 Å². The van der Waals surface area contributed by atoms with Crippen molar-refractivity contribution < 1.29 is 0 Å². The Labute approximate surface area is 128 Å². The highest BCUT2D eigenvalue weighted by Gasteiger charge is 2.23. The van der Waals surface area contributed by atoms with Gasteiger partial charge in [0.1, 0.15) is 0 Å². The molecule has 0 saturated carbocycles. The Morgan fingerprint density at radius 2 is 1.26 bits per heavy atom. The predicted octanol–water partition coefficient (Wildman–Crippen LogP) is 6.46. The van der Waals surface area contributed by atoms with E-state index in [2.05, 4.69) is 68.0 Å². The molecule has 0 spiro atoms. The van der Waals surface area contributed by atoms with E-state index >= 15 is 0 Å². The van der Waals surface area contributed by atoms with Crippen LogP contribution in [0.25, 0.3) is 0 Å². The average Bonchev–Trinajstić information content (AvgIpc) is 2.12. The van der Waals surface area contributed by atoms with E-state index in [0.29, 0.717) is 10.8 Å². The molecule has 0 aromatic heterocycles. The first-order chi connectivity index (χ1) is 8.44. The van der Waals surface area contributed by atoms with Gasteiger partial charge >= 0.3 is 0 Å². The van der Waals surface area contributed by atoms with Crippen molar-refractivity contribution in [3.63, 3.8) is 0 Å². The summed E-state index contributed by atoms with van der Waals surface area (Å²) in [7, 11) is 0. The highest BCUT2D eigenvalue weighted by atomic mass is 32.1. The van der Waals surface area contributed by atoms with Gasteiger partial charge in [0.15, 0.2) is 0 Å². The zero-order valence-electron chi connectivity index (χ0n) is 14.7. The Bertz CT molecular complexity index is 231. The van der Waals surface area contributed by atoms with Gasteiger partial charge in [-0.15, -0.1) is 0 Å². The van der Waals surface area contributed by atoms with E-state index in [1.54, 1.807) is 0 Å². The fourth-order valence-corrected chi connectivity index (χ4v) is 3.88. The van der Waals surface area contributed by atoms with Gasteiger partial charge < -0.3 is 0 Å². The maximum absolute atomic E-state index is 4.59. The molecule has 19 heavy (non-hydrogen) atoms. The van der Waals surface area contributed by atoms with Gasteiger partial charge in [-0.05, 0) is 53.6 Å². The van der Waals surface area contributed by atoms with Crippen molar-refractivity contribution in [2.24, 2.45) is 28.6 Å². The molecule has 0 aliphatic carbocycles. The van der Waals surface area contributed by atoms with Crippen molar-refractivity contribution in [2.45, 2.75) is 81.1 Å². The zero-order chi connectivity index (χ0) is 15.3. The van der Waals surface area contributed by atoms with Crippen LogP contribution in [-0.4, -0.2) is 5.75 Å². The standard InChI is InChI=1S/C18H38S/c1-14(11-17(3,4)5)9-10-16(13-19)15(2)12-18(6,7)8/h14-16,19H,9-13H2,1-8H3. The quantitative estimate of drug-likeness (QED) is 0.510.